The predicted molar refractivity (Wildman–Crippen MR) is 86.7 cm³/mol. The summed E-state index contributed by atoms with van der Waals surface area (Å²) in [4.78, 5) is 10.9. The normalized spacial score (nSPS) is 11.3. The molecule has 0 unspecified atom stereocenters. The maximum atomic E-state index is 10.9. The highest BCUT2D eigenvalue weighted by Gasteiger charge is 2.39. The average Bonchev–Trinajstić information content (AvgIpc) is 2.50. The van der Waals surface area contributed by atoms with Gasteiger partial charge in [0.15, 0.2) is 0 Å². The van der Waals surface area contributed by atoms with E-state index in [9.17, 15) is 4.79 Å². The van der Waals surface area contributed by atoms with Gasteiger partial charge in [0.2, 0.25) is 0 Å². The molecule has 0 aliphatic carbocycles. The van der Waals surface area contributed by atoms with Gasteiger partial charge in [0.25, 0.3) is 0 Å². The van der Waals surface area contributed by atoms with Crippen molar-refractivity contribution in [3.05, 3.63) is 30.3 Å². The lowest BCUT2D eigenvalue weighted by Gasteiger charge is -2.31. The minimum absolute atomic E-state index is 0.462. The molecule has 6 heteroatoms. The highest BCUT2D eigenvalue weighted by molar-refractivity contribution is 6.81. The van der Waals surface area contributed by atoms with Crippen molar-refractivity contribution in [3.63, 3.8) is 0 Å². The van der Waals surface area contributed by atoms with E-state index in [4.69, 9.17) is 14.6 Å². The largest absolute Gasteiger partial charge is 0.391 e. The summed E-state index contributed by atoms with van der Waals surface area (Å²) >= 11 is 0. The SMILES string of the molecule is CCCO[Si](CCNC(N)=O)(OCCC)c1ccccc1. The van der Waals surface area contributed by atoms with Gasteiger partial charge in [0.05, 0.1) is 0 Å². The van der Waals surface area contributed by atoms with Crippen LogP contribution in [0.5, 0.6) is 0 Å². The summed E-state index contributed by atoms with van der Waals surface area (Å²) < 4.78 is 12.3. The summed E-state index contributed by atoms with van der Waals surface area (Å²) in [5.41, 5.74) is 5.14. The molecule has 0 bridgehead atoms. The van der Waals surface area contributed by atoms with Gasteiger partial charge in [-0.25, -0.2) is 4.79 Å². The molecule has 0 saturated carbocycles. The van der Waals surface area contributed by atoms with Gasteiger partial charge in [0, 0.05) is 25.8 Å². The van der Waals surface area contributed by atoms with Gasteiger partial charge in [-0.1, -0.05) is 44.2 Å². The number of rotatable bonds is 10. The highest BCUT2D eigenvalue weighted by Crippen LogP contribution is 2.15. The van der Waals surface area contributed by atoms with Crippen LogP contribution in [-0.2, 0) is 8.85 Å². The van der Waals surface area contributed by atoms with E-state index in [1.54, 1.807) is 0 Å². The summed E-state index contributed by atoms with van der Waals surface area (Å²) in [6, 6.07) is 10.2. The van der Waals surface area contributed by atoms with E-state index in [-0.39, 0.29) is 0 Å². The fourth-order valence-electron chi connectivity index (χ4n) is 2.07. The second kappa shape index (κ2) is 9.54. The third kappa shape index (κ3) is 5.87. The first-order chi connectivity index (χ1) is 10.1. The van der Waals surface area contributed by atoms with Gasteiger partial charge in [-0.05, 0) is 18.0 Å². The molecule has 5 nitrogen and oxygen atoms in total. The van der Waals surface area contributed by atoms with Crippen LogP contribution in [0.4, 0.5) is 4.79 Å². The Morgan fingerprint density at radius 3 is 2.19 bits per heavy atom. The lowest BCUT2D eigenvalue weighted by Crippen LogP contribution is -2.56. The Kier molecular flexibility index (Phi) is 8.03. The highest BCUT2D eigenvalue weighted by atomic mass is 28.4. The van der Waals surface area contributed by atoms with Crippen LogP contribution < -0.4 is 16.2 Å². The first-order valence-electron chi connectivity index (χ1n) is 7.51. The Balaban J connectivity index is 2.93. The number of nitrogens with one attached hydrogen (secondary N) is 1. The third-order valence-corrected chi connectivity index (χ3v) is 6.51. The zero-order valence-corrected chi connectivity index (χ0v) is 13.9. The molecule has 0 saturated heterocycles. The van der Waals surface area contributed by atoms with Crippen LogP contribution in [0, 0.1) is 0 Å². The molecule has 1 rings (SSSR count). The lowest BCUT2D eigenvalue weighted by molar-refractivity contribution is 0.179. The number of carbonyl (C=O) groups is 1. The van der Waals surface area contributed by atoms with Crippen molar-refractivity contribution < 1.29 is 13.6 Å². The molecule has 2 amide bonds. The third-order valence-electron chi connectivity index (χ3n) is 3.05. The molecule has 1 aromatic carbocycles. The van der Waals surface area contributed by atoms with Crippen molar-refractivity contribution in [2.45, 2.75) is 32.7 Å². The van der Waals surface area contributed by atoms with Crippen LogP contribution in [-0.4, -0.2) is 34.4 Å². The molecule has 0 atom stereocenters. The van der Waals surface area contributed by atoms with E-state index in [2.05, 4.69) is 19.2 Å². The van der Waals surface area contributed by atoms with E-state index >= 15 is 0 Å². The summed E-state index contributed by atoms with van der Waals surface area (Å²) in [7, 11) is -2.55. The lowest BCUT2D eigenvalue weighted by atomic mass is 10.4. The molecule has 0 heterocycles. The van der Waals surface area contributed by atoms with Gasteiger partial charge in [0.1, 0.15) is 0 Å². The van der Waals surface area contributed by atoms with E-state index < -0.39 is 14.6 Å². The smallest absolute Gasteiger partial charge is 0.374 e. The van der Waals surface area contributed by atoms with Crippen molar-refractivity contribution in [3.8, 4) is 0 Å². The molecule has 0 aromatic heterocycles. The number of nitrogens with two attached hydrogens (primary N) is 1. The number of amides is 2. The number of hydrogen-bond donors (Lipinski definition) is 2. The van der Waals surface area contributed by atoms with Crippen LogP contribution in [0.15, 0.2) is 30.3 Å². The molecule has 3 N–H and O–H groups in total. The quantitative estimate of drug-likeness (QED) is 0.648. The Bertz CT molecular complexity index is 407. The van der Waals surface area contributed by atoms with Crippen molar-refractivity contribution in [1.29, 1.82) is 0 Å². The van der Waals surface area contributed by atoms with Gasteiger partial charge in [-0.3, -0.25) is 0 Å². The van der Waals surface area contributed by atoms with E-state index in [0.717, 1.165) is 18.0 Å². The predicted octanol–water partition coefficient (Wildman–Crippen LogP) is 1.86. The minimum atomic E-state index is -2.55. The molecule has 1 aromatic rings. The zero-order chi connectivity index (χ0) is 15.6. The molecule has 0 radical (unpaired) electrons. The molecule has 21 heavy (non-hydrogen) atoms. The Labute approximate surface area is 128 Å². The Morgan fingerprint density at radius 1 is 1.14 bits per heavy atom. The van der Waals surface area contributed by atoms with Gasteiger partial charge < -0.3 is 19.9 Å². The fourth-order valence-corrected chi connectivity index (χ4v) is 5.29. The molecule has 0 aliphatic rings. The summed E-state index contributed by atoms with van der Waals surface area (Å²) in [5, 5.41) is 3.73. The molecule has 0 fully saturated rings. The van der Waals surface area contributed by atoms with Crippen molar-refractivity contribution in [2.24, 2.45) is 5.73 Å². The van der Waals surface area contributed by atoms with E-state index in [1.165, 1.54) is 0 Å². The van der Waals surface area contributed by atoms with Crippen molar-refractivity contribution in [2.75, 3.05) is 19.8 Å². The van der Waals surface area contributed by atoms with Crippen molar-refractivity contribution >= 4 is 19.8 Å². The van der Waals surface area contributed by atoms with Crippen LogP contribution in [0.3, 0.4) is 0 Å². The van der Waals surface area contributed by atoms with Crippen LogP contribution >= 0.6 is 0 Å². The standard InChI is InChI=1S/C15H26N2O3Si/c1-3-11-19-21(20-12-4-2,13-10-17-15(16)18)14-8-6-5-7-9-14/h5-9H,3-4,10-13H2,1-2H3,(H3,16,17,18). The number of primary amides is 1. The molecule has 0 aliphatic heterocycles. The number of benzene rings is 1. The maximum absolute atomic E-state index is 10.9. The fraction of sp³-hybridized carbons (Fsp3) is 0.533. The van der Waals surface area contributed by atoms with E-state index in [0.29, 0.717) is 25.8 Å². The monoisotopic (exact) mass is 310 g/mol. The van der Waals surface area contributed by atoms with E-state index in [1.807, 2.05) is 30.3 Å². The van der Waals surface area contributed by atoms with Crippen LogP contribution in [0.2, 0.25) is 6.04 Å². The summed E-state index contributed by atoms with van der Waals surface area (Å²) in [6.07, 6.45) is 1.86. The average molecular weight is 310 g/mol. The Hall–Kier alpha value is -1.37. The van der Waals surface area contributed by atoms with Crippen LogP contribution in [0.25, 0.3) is 0 Å². The summed E-state index contributed by atoms with van der Waals surface area (Å²) in [6.45, 7) is 5.92. The second-order valence-electron chi connectivity index (χ2n) is 4.86. The maximum Gasteiger partial charge on any atom is 0.374 e. The Morgan fingerprint density at radius 2 is 1.71 bits per heavy atom. The molecular weight excluding hydrogens is 284 g/mol. The number of urea groups is 1. The minimum Gasteiger partial charge on any atom is -0.391 e. The van der Waals surface area contributed by atoms with Gasteiger partial charge in [-0.2, -0.15) is 0 Å². The van der Waals surface area contributed by atoms with Crippen molar-refractivity contribution in [1.82, 2.24) is 5.32 Å². The number of carbonyl (C=O) groups excluding carboxylic acids is 1. The summed E-state index contributed by atoms with van der Waals surface area (Å²) in [5.74, 6) is 0. The first-order valence-corrected chi connectivity index (χ1v) is 9.53. The van der Waals surface area contributed by atoms with Gasteiger partial charge >= 0.3 is 14.6 Å². The molecular formula is C15H26N2O3Si. The molecule has 118 valence electrons. The van der Waals surface area contributed by atoms with Gasteiger partial charge in [-0.15, -0.1) is 0 Å². The van der Waals surface area contributed by atoms with Crippen LogP contribution in [0.1, 0.15) is 26.7 Å². The number of hydrogen-bond acceptors (Lipinski definition) is 3. The topological polar surface area (TPSA) is 73.6 Å². The first kappa shape index (κ1) is 17.7. The molecule has 0 spiro atoms. The zero-order valence-electron chi connectivity index (χ0n) is 12.9. The second-order valence-corrected chi connectivity index (χ2v) is 8.02.